The predicted molar refractivity (Wildman–Crippen MR) is 144 cm³/mol. The molecule has 1 fully saturated rings. The van der Waals surface area contributed by atoms with Gasteiger partial charge in [0.15, 0.2) is 17.6 Å². The zero-order valence-electron chi connectivity index (χ0n) is 21.6. The first-order valence-electron chi connectivity index (χ1n) is 13.1. The third kappa shape index (κ3) is 5.54. The molecule has 0 aliphatic carbocycles. The summed E-state index contributed by atoms with van der Waals surface area (Å²) in [6, 6.07) is 17.8. The Balaban J connectivity index is 1.33. The lowest BCUT2D eigenvalue weighted by Crippen LogP contribution is -2.35. The Hall–Kier alpha value is -4.61. The number of anilines is 2. The summed E-state index contributed by atoms with van der Waals surface area (Å²) >= 11 is 0. The minimum Gasteiger partial charge on any atom is -0.402 e. The Morgan fingerprint density at radius 2 is 1.71 bits per heavy atom. The van der Waals surface area contributed by atoms with Crippen molar-refractivity contribution in [3.63, 3.8) is 0 Å². The molecule has 4 heterocycles. The second kappa shape index (κ2) is 10.8. The van der Waals surface area contributed by atoms with Crippen molar-refractivity contribution >= 4 is 23.2 Å². The Kier molecular flexibility index (Phi) is 6.98. The molecule has 0 saturated carbocycles. The lowest BCUT2D eigenvalue weighted by atomic mass is 9.96. The second-order valence-corrected chi connectivity index (χ2v) is 9.85. The molecule has 2 aliphatic heterocycles. The summed E-state index contributed by atoms with van der Waals surface area (Å²) in [6.07, 6.45) is -5.52. The third-order valence-electron chi connectivity index (χ3n) is 7.10. The number of nitrogens with one attached hydrogen (secondary N) is 1. The van der Waals surface area contributed by atoms with E-state index in [2.05, 4.69) is 20.5 Å². The highest BCUT2D eigenvalue weighted by atomic mass is 19.4. The highest BCUT2D eigenvalue weighted by Crippen LogP contribution is 2.37. The van der Waals surface area contributed by atoms with E-state index in [9.17, 15) is 22.4 Å². The van der Waals surface area contributed by atoms with E-state index in [1.54, 1.807) is 4.90 Å². The number of nitrogens with zero attached hydrogens (tertiary/aromatic N) is 5. The van der Waals surface area contributed by atoms with Gasteiger partial charge in [-0.15, -0.1) is 5.10 Å². The average molecular weight is 565 g/mol. The lowest BCUT2D eigenvalue weighted by Gasteiger charge is -2.31. The van der Waals surface area contributed by atoms with Crippen LogP contribution >= 0.6 is 0 Å². The summed E-state index contributed by atoms with van der Waals surface area (Å²) < 4.78 is 60.0. The van der Waals surface area contributed by atoms with E-state index >= 15 is 0 Å². The first kappa shape index (κ1) is 26.6. The van der Waals surface area contributed by atoms with Crippen molar-refractivity contribution in [2.24, 2.45) is 4.99 Å². The molecule has 6 rings (SSSR count). The molecule has 0 bridgehead atoms. The number of hydrogen-bond donors (Lipinski definition) is 1. The fraction of sp³-hybridized carbons (Fsp3) is 0.276. The normalized spacial score (nSPS) is 18.0. The van der Waals surface area contributed by atoms with Gasteiger partial charge < -0.3 is 14.6 Å². The Morgan fingerprint density at radius 1 is 0.976 bits per heavy atom. The van der Waals surface area contributed by atoms with Crippen LogP contribution in [0.25, 0.3) is 11.6 Å². The number of alkyl halides is 4. The summed E-state index contributed by atoms with van der Waals surface area (Å²) in [7, 11) is 0. The first-order valence-corrected chi connectivity index (χ1v) is 13.1. The number of piperidine rings is 1. The fourth-order valence-corrected chi connectivity index (χ4v) is 5.00. The Morgan fingerprint density at radius 3 is 2.46 bits per heavy atom. The van der Waals surface area contributed by atoms with Crippen LogP contribution in [0.3, 0.4) is 0 Å². The van der Waals surface area contributed by atoms with Gasteiger partial charge in [-0.25, -0.2) is 9.37 Å². The highest BCUT2D eigenvalue weighted by Gasteiger charge is 2.34. The van der Waals surface area contributed by atoms with Crippen molar-refractivity contribution in [3.05, 3.63) is 89.1 Å². The van der Waals surface area contributed by atoms with Gasteiger partial charge in [0.25, 0.3) is 5.89 Å². The van der Waals surface area contributed by atoms with Gasteiger partial charge in [-0.1, -0.05) is 59.7 Å². The van der Waals surface area contributed by atoms with Gasteiger partial charge in [-0.05, 0) is 24.5 Å². The number of aromatic nitrogens is 3. The molecular formula is C29H24F4N6O2. The van der Waals surface area contributed by atoms with Crippen molar-refractivity contribution in [1.29, 1.82) is 0 Å². The Bertz CT molecular complexity index is 1600. The lowest BCUT2D eigenvalue weighted by molar-refractivity contribution is -0.137. The van der Waals surface area contributed by atoms with Crippen molar-refractivity contribution in [2.45, 2.75) is 37.8 Å². The molecule has 1 saturated heterocycles. The van der Waals surface area contributed by atoms with Crippen LogP contribution in [0, 0.1) is 0 Å². The van der Waals surface area contributed by atoms with Gasteiger partial charge in [0.1, 0.15) is 6.17 Å². The van der Waals surface area contributed by atoms with Gasteiger partial charge in [-0.3, -0.25) is 9.79 Å². The van der Waals surface area contributed by atoms with Crippen molar-refractivity contribution in [1.82, 2.24) is 15.2 Å². The van der Waals surface area contributed by atoms with Gasteiger partial charge in [-0.2, -0.15) is 13.2 Å². The molecule has 1 N–H and O–H groups in total. The number of hydrogen-bond acceptors (Lipinski definition) is 8. The number of ketones is 1. The van der Waals surface area contributed by atoms with Crippen LogP contribution in [0.15, 0.2) is 76.3 Å². The van der Waals surface area contributed by atoms with Crippen molar-refractivity contribution in [2.75, 3.05) is 23.3 Å². The number of aliphatic imine (C=N–C) groups is 1. The molecule has 8 nitrogen and oxygen atoms in total. The molecule has 0 spiro atoms. The monoisotopic (exact) mass is 564 g/mol. The average Bonchev–Trinajstić information content (AvgIpc) is 3.38. The maximum Gasteiger partial charge on any atom is 0.417 e. The number of carbonyl (C=O) groups is 1. The van der Waals surface area contributed by atoms with E-state index in [-0.39, 0.29) is 61.4 Å². The fourth-order valence-electron chi connectivity index (χ4n) is 5.00. The molecule has 210 valence electrons. The minimum absolute atomic E-state index is 0.0314. The summed E-state index contributed by atoms with van der Waals surface area (Å²) in [5.74, 6) is -0.374. The standard InChI is InChI=1S/C29H24F4N6O2/c30-20-10-12-39(13-11-20)22-15-19(29(31,32)33)16-34-25(22)27-37-38-28(41-27)36-26-23(40)14-18-8-4-5-9-21(18)24(35-26)17-6-2-1-3-7-17/h1-9,15-16,20,26H,10-14H2,(H,36,38)/t26-/m1/s1. The molecule has 1 atom stereocenters. The van der Waals surface area contributed by atoms with Crippen LogP contribution in [0.5, 0.6) is 0 Å². The van der Waals surface area contributed by atoms with E-state index in [1.807, 2.05) is 54.6 Å². The third-order valence-corrected chi connectivity index (χ3v) is 7.10. The highest BCUT2D eigenvalue weighted by molar-refractivity contribution is 6.16. The summed E-state index contributed by atoms with van der Waals surface area (Å²) in [5, 5.41) is 10.9. The maximum absolute atomic E-state index is 13.8. The topological polar surface area (TPSA) is 96.5 Å². The second-order valence-electron chi connectivity index (χ2n) is 9.85. The summed E-state index contributed by atoms with van der Waals surface area (Å²) in [5.41, 5.74) is 2.30. The van der Waals surface area contributed by atoms with E-state index in [0.29, 0.717) is 11.9 Å². The molecule has 2 aromatic heterocycles. The predicted octanol–water partition coefficient (Wildman–Crippen LogP) is 5.49. The molecule has 0 amide bonds. The number of carbonyl (C=O) groups excluding carboxylic acids is 1. The van der Waals surface area contributed by atoms with Gasteiger partial charge in [0, 0.05) is 36.8 Å². The van der Waals surface area contributed by atoms with Crippen LogP contribution < -0.4 is 10.2 Å². The van der Waals surface area contributed by atoms with Gasteiger partial charge in [0.2, 0.25) is 0 Å². The maximum atomic E-state index is 13.8. The molecule has 41 heavy (non-hydrogen) atoms. The van der Waals surface area contributed by atoms with E-state index < -0.39 is 24.1 Å². The molecule has 2 aromatic carbocycles. The minimum atomic E-state index is -4.62. The van der Waals surface area contributed by atoms with Crippen LogP contribution in [-0.4, -0.2) is 52.1 Å². The van der Waals surface area contributed by atoms with Crippen molar-refractivity contribution < 1.29 is 26.8 Å². The van der Waals surface area contributed by atoms with E-state index in [1.165, 1.54) is 0 Å². The smallest absolute Gasteiger partial charge is 0.402 e. The Labute approximate surface area is 232 Å². The first-order chi connectivity index (χ1) is 19.8. The number of Topliss-reactive ketones (excluding diaryl/α,β-unsaturated/α-hetero) is 1. The summed E-state index contributed by atoms with van der Waals surface area (Å²) in [6.45, 7) is 0.426. The van der Waals surface area contributed by atoms with Crippen LogP contribution in [0.1, 0.15) is 35.1 Å². The van der Waals surface area contributed by atoms with Crippen molar-refractivity contribution in [3.8, 4) is 11.6 Å². The number of rotatable bonds is 5. The largest absolute Gasteiger partial charge is 0.417 e. The summed E-state index contributed by atoms with van der Waals surface area (Å²) in [4.78, 5) is 23.6. The van der Waals surface area contributed by atoms with E-state index in [4.69, 9.17) is 9.41 Å². The molecule has 0 unspecified atom stereocenters. The number of fused-ring (bicyclic) bond motifs is 1. The number of benzene rings is 2. The van der Waals surface area contributed by atoms with Crippen LogP contribution in [0.2, 0.25) is 0 Å². The SMILES string of the molecule is O=C1Cc2ccccc2C(c2ccccc2)=N[C@@H]1Nc1nnc(-c2ncc(C(F)(F)F)cc2N2CCC(F)CC2)o1. The number of pyridine rings is 1. The molecular weight excluding hydrogens is 540 g/mol. The van der Waals surface area contributed by atoms with Gasteiger partial charge >= 0.3 is 12.2 Å². The zero-order chi connectivity index (χ0) is 28.6. The quantitative estimate of drug-likeness (QED) is 0.320. The van der Waals surface area contributed by atoms with Crippen LogP contribution in [0.4, 0.5) is 29.3 Å². The molecule has 0 radical (unpaired) electrons. The van der Waals surface area contributed by atoms with Gasteiger partial charge in [0.05, 0.1) is 17.0 Å². The van der Waals surface area contributed by atoms with E-state index in [0.717, 1.165) is 22.8 Å². The zero-order valence-corrected chi connectivity index (χ0v) is 21.6. The molecule has 2 aliphatic rings. The molecule has 12 heteroatoms. The number of halogens is 4. The molecule has 4 aromatic rings. The van der Waals surface area contributed by atoms with Crippen LogP contribution in [-0.2, 0) is 17.4 Å².